The number of aromatic nitrogens is 2. The summed E-state index contributed by atoms with van der Waals surface area (Å²) >= 11 is 0. The molecular formula is C23H26N4O5. The second-order valence-corrected chi connectivity index (χ2v) is 7.79. The van der Waals surface area contributed by atoms with E-state index in [1.165, 1.54) is 25.8 Å². The highest BCUT2D eigenvalue weighted by Gasteiger charge is 2.26. The Hall–Kier alpha value is -3.43. The number of ether oxygens (including phenoxy) is 2. The van der Waals surface area contributed by atoms with Crippen LogP contribution < -0.4 is 20.5 Å². The van der Waals surface area contributed by atoms with Crippen LogP contribution in [0.2, 0.25) is 0 Å². The van der Waals surface area contributed by atoms with Crippen molar-refractivity contribution in [1.29, 1.82) is 0 Å². The lowest BCUT2D eigenvalue weighted by atomic mass is 9.90. The number of fused-ring (bicyclic) bond motifs is 1. The van der Waals surface area contributed by atoms with E-state index in [-0.39, 0.29) is 12.5 Å². The van der Waals surface area contributed by atoms with Crippen molar-refractivity contribution in [1.82, 2.24) is 15.3 Å². The van der Waals surface area contributed by atoms with Gasteiger partial charge in [0.2, 0.25) is 11.8 Å². The van der Waals surface area contributed by atoms with Gasteiger partial charge in [-0.3, -0.25) is 4.79 Å². The normalized spacial score (nSPS) is 16.3. The largest absolute Gasteiger partial charge is 0.486 e. The molecule has 3 heterocycles. The third-order valence-corrected chi connectivity index (χ3v) is 5.72. The smallest absolute Gasteiger partial charge is 0.249 e. The van der Waals surface area contributed by atoms with Crippen LogP contribution in [0.25, 0.3) is 0 Å². The average Bonchev–Trinajstić information content (AvgIpc) is 3.21. The molecule has 0 saturated carbocycles. The molecule has 3 aromatic rings. The first-order chi connectivity index (χ1) is 15.4. The summed E-state index contributed by atoms with van der Waals surface area (Å²) in [6.07, 6.45) is 3.11. The van der Waals surface area contributed by atoms with Gasteiger partial charge >= 0.3 is 0 Å². The molecule has 9 heteroatoms. The number of aryl methyl sites for hydroxylation is 1. The molecule has 1 aromatic carbocycles. The highest BCUT2D eigenvalue weighted by molar-refractivity contribution is 5.94. The quantitative estimate of drug-likeness (QED) is 0.484. The summed E-state index contributed by atoms with van der Waals surface area (Å²) in [4.78, 5) is 20.0. The minimum Gasteiger partial charge on any atom is -0.486 e. The van der Waals surface area contributed by atoms with Gasteiger partial charge in [-0.1, -0.05) is 6.07 Å². The molecule has 0 radical (unpaired) electrons. The third-order valence-electron chi connectivity index (χ3n) is 5.72. The number of nitrogens with zero attached hydrogens (tertiary/aromatic N) is 2. The molecule has 1 aliphatic heterocycles. The number of carbonyl (C=O) groups excluding carboxylic acids is 1. The number of aliphatic hydroxyl groups is 1. The summed E-state index contributed by atoms with van der Waals surface area (Å²) in [6, 6.07) is 7.25. The van der Waals surface area contributed by atoms with Crippen molar-refractivity contribution < 1.29 is 23.8 Å². The number of pyridine rings is 1. The SMILES string of the molecule is COc1cc(C(N)=O)c(C[C@@H](O)[C@@H]2Cc3ccc(OCc4ocnc4C)cc3CN2)cn1. The molecular weight excluding hydrogens is 412 g/mol. The maximum absolute atomic E-state index is 11.8. The van der Waals surface area contributed by atoms with Gasteiger partial charge in [0, 0.05) is 36.8 Å². The number of amides is 1. The first kappa shape index (κ1) is 21.8. The summed E-state index contributed by atoms with van der Waals surface area (Å²) in [7, 11) is 1.47. The van der Waals surface area contributed by atoms with Crippen LogP contribution in [0, 0.1) is 6.92 Å². The minimum absolute atomic E-state index is 0.172. The second-order valence-electron chi connectivity index (χ2n) is 7.79. The topological polar surface area (TPSA) is 133 Å². The molecule has 1 amide bonds. The van der Waals surface area contributed by atoms with E-state index >= 15 is 0 Å². The molecule has 2 aromatic heterocycles. The van der Waals surface area contributed by atoms with E-state index in [4.69, 9.17) is 19.6 Å². The Morgan fingerprint density at radius 3 is 2.91 bits per heavy atom. The Morgan fingerprint density at radius 2 is 2.19 bits per heavy atom. The molecule has 168 valence electrons. The number of hydrogen-bond acceptors (Lipinski definition) is 8. The van der Waals surface area contributed by atoms with Gasteiger partial charge in [-0.25, -0.2) is 9.97 Å². The van der Waals surface area contributed by atoms with Crippen LogP contribution in [-0.4, -0.2) is 40.2 Å². The van der Waals surface area contributed by atoms with Crippen molar-refractivity contribution in [2.45, 2.75) is 45.1 Å². The number of nitrogens with two attached hydrogens (primary N) is 1. The monoisotopic (exact) mass is 438 g/mol. The number of nitrogens with one attached hydrogen (secondary N) is 1. The molecule has 0 saturated heterocycles. The fraction of sp³-hybridized carbons (Fsp3) is 0.348. The number of aliphatic hydroxyl groups excluding tert-OH is 1. The Bertz CT molecular complexity index is 1110. The third kappa shape index (κ3) is 4.74. The van der Waals surface area contributed by atoms with Crippen LogP contribution >= 0.6 is 0 Å². The van der Waals surface area contributed by atoms with Crippen LogP contribution in [0.3, 0.4) is 0 Å². The van der Waals surface area contributed by atoms with Crippen LogP contribution in [0.5, 0.6) is 11.6 Å². The average molecular weight is 438 g/mol. The Kier molecular flexibility index (Phi) is 6.38. The number of methoxy groups -OCH3 is 1. The Morgan fingerprint density at radius 1 is 1.34 bits per heavy atom. The summed E-state index contributed by atoms with van der Waals surface area (Å²) in [6.45, 7) is 2.79. The highest BCUT2D eigenvalue weighted by atomic mass is 16.5. The maximum Gasteiger partial charge on any atom is 0.249 e. The first-order valence-corrected chi connectivity index (χ1v) is 10.3. The first-order valence-electron chi connectivity index (χ1n) is 10.3. The predicted molar refractivity (Wildman–Crippen MR) is 115 cm³/mol. The van der Waals surface area contributed by atoms with E-state index in [1.54, 1.807) is 0 Å². The van der Waals surface area contributed by atoms with Gasteiger partial charge in [0.15, 0.2) is 12.2 Å². The number of benzene rings is 1. The van der Waals surface area contributed by atoms with E-state index < -0.39 is 12.0 Å². The lowest BCUT2D eigenvalue weighted by Gasteiger charge is -2.30. The van der Waals surface area contributed by atoms with Crippen molar-refractivity contribution in [2.75, 3.05) is 7.11 Å². The second kappa shape index (κ2) is 9.37. The molecule has 0 unspecified atom stereocenters. The molecule has 9 nitrogen and oxygen atoms in total. The van der Waals surface area contributed by atoms with Crippen LogP contribution in [-0.2, 0) is 26.0 Å². The van der Waals surface area contributed by atoms with E-state index in [0.29, 0.717) is 42.3 Å². The maximum atomic E-state index is 11.8. The van der Waals surface area contributed by atoms with Gasteiger partial charge in [-0.05, 0) is 42.2 Å². The van der Waals surface area contributed by atoms with Crippen LogP contribution in [0.4, 0.5) is 0 Å². The molecule has 0 bridgehead atoms. The van der Waals surface area contributed by atoms with E-state index in [2.05, 4.69) is 15.3 Å². The van der Waals surface area contributed by atoms with Gasteiger partial charge in [0.05, 0.1) is 18.9 Å². The minimum atomic E-state index is -0.721. The number of primary amides is 1. The molecule has 1 aliphatic rings. The summed E-state index contributed by atoms with van der Waals surface area (Å²) < 4.78 is 16.2. The van der Waals surface area contributed by atoms with Gasteiger partial charge in [-0.2, -0.15) is 0 Å². The Balaban J connectivity index is 1.41. The van der Waals surface area contributed by atoms with Gasteiger partial charge < -0.3 is 30.0 Å². The lowest BCUT2D eigenvalue weighted by Crippen LogP contribution is -2.45. The van der Waals surface area contributed by atoms with Crippen LogP contribution in [0.15, 0.2) is 41.3 Å². The van der Waals surface area contributed by atoms with Gasteiger partial charge in [-0.15, -0.1) is 0 Å². The van der Waals surface area contributed by atoms with Crippen molar-refractivity contribution >= 4 is 5.91 Å². The number of hydrogen-bond donors (Lipinski definition) is 3. The molecule has 32 heavy (non-hydrogen) atoms. The fourth-order valence-corrected chi connectivity index (χ4v) is 3.83. The van der Waals surface area contributed by atoms with E-state index in [1.807, 2.05) is 25.1 Å². The summed E-state index contributed by atoms with van der Waals surface area (Å²) in [5.41, 5.74) is 9.45. The Labute approximate surface area is 185 Å². The van der Waals surface area contributed by atoms with Crippen molar-refractivity contribution in [3.05, 3.63) is 70.6 Å². The highest BCUT2D eigenvalue weighted by Crippen LogP contribution is 2.25. The van der Waals surface area contributed by atoms with E-state index in [9.17, 15) is 9.90 Å². The fourth-order valence-electron chi connectivity index (χ4n) is 3.83. The molecule has 0 aliphatic carbocycles. The summed E-state index contributed by atoms with van der Waals surface area (Å²) in [5, 5.41) is 14.2. The zero-order valence-corrected chi connectivity index (χ0v) is 18.0. The predicted octanol–water partition coefficient (Wildman–Crippen LogP) is 1.68. The molecule has 4 rings (SSSR count). The molecule has 0 spiro atoms. The van der Waals surface area contributed by atoms with Crippen LogP contribution in [0.1, 0.15) is 38.5 Å². The zero-order valence-electron chi connectivity index (χ0n) is 18.0. The summed E-state index contributed by atoms with van der Waals surface area (Å²) in [5.74, 6) is 1.17. The van der Waals surface area contributed by atoms with Crippen molar-refractivity contribution in [3.63, 3.8) is 0 Å². The van der Waals surface area contributed by atoms with E-state index in [0.717, 1.165) is 22.6 Å². The molecule has 4 N–H and O–H groups in total. The lowest BCUT2D eigenvalue weighted by molar-refractivity contribution is 0.0995. The molecule has 2 atom stereocenters. The van der Waals surface area contributed by atoms with Gasteiger partial charge in [0.25, 0.3) is 0 Å². The van der Waals surface area contributed by atoms with Gasteiger partial charge in [0.1, 0.15) is 12.4 Å². The van der Waals surface area contributed by atoms with Crippen molar-refractivity contribution in [2.24, 2.45) is 5.73 Å². The number of rotatable bonds is 8. The number of oxazole rings is 1. The zero-order chi connectivity index (χ0) is 22.7. The molecule has 0 fully saturated rings. The van der Waals surface area contributed by atoms with Crippen molar-refractivity contribution in [3.8, 4) is 11.6 Å². The number of carbonyl (C=O) groups is 1. The standard InChI is InChI=1S/C23H26N4O5/c1-13-21(32-12-27-13)11-31-17-4-3-14-6-19(25-9-15(14)5-17)20(28)7-16-10-26-22(30-2)8-18(16)23(24)29/h3-5,8,10,12,19-20,25,28H,6-7,9,11H2,1-2H3,(H2,24,29)/t19-,20+/m0/s1.